The zero-order valence-electron chi connectivity index (χ0n) is 14.9. The fourth-order valence-electron chi connectivity index (χ4n) is 3.53. The number of amides is 2. The minimum absolute atomic E-state index is 0.157. The second kappa shape index (κ2) is 8.39. The maximum Gasteiger partial charge on any atom is 0.257 e. The molecule has 0 bridgehead atoms. The van der Waals surface area contributed by atoms with E-state index in [0.717, 1.165) is 18.6 Å². The second-order valence-corrected chi connectivity index (χ2v) is 7.27. The van der Waals surface area contributed by atoms with Crippen LogP contribution in [0.25, 0.3) is 0 Å². The molecule has 1 aliphatic rings. The van der Waals surface area contributed by atoms with Crippen LogP contribution >= 0.6 is 11.6 Å². The van der Waals surface area contributed by atoms with E-state index in [0.29, 0.717) is 25.3 Å². The van der Waals surface area contributed by atoms with E-state index in [4.69, 9.17) is 22.1 Å². The number of carbonyl (C=O) groups is 2. The lowest BCUT2D eigenvalue weighted by atomic mass is 9.77. The number of halogens is 1. The Morgan fingerprint density at radius 1 is 1.22 bits per heavy atom. The summed E-state index contributed by atoms with van der Waals surface area (Å²) in [6.07, 6.45) is 3.22. The first-order valence-corrected chi connectivity index (χ1v) is 9.23. The molecule has 2 aromatic rings. The zero-order chi connectivity index (χ0) is 19.3. The number of nitrogens with two attached hydrogens (primary N) is 1. The standard InChI is InChI=1S/C20H22ClN3O3/c21-18-16(8-4-10-23-18)19(26)24-11-5-9-20(13-24,12-17(22)25)14-27-15-6-2-1-3-7-15/h1-4,6-8,10H,5,9,11-14H2,(H2,22,25). The quantitative estimate of drug-likeness (QED) is 0.772. The number of primary amides is 1. The number of nitrogens with zero attached hydrogens (tertiary/aromatic N) is 2. The van der Waals surface area contributed by atoms with Gasteiger partial charge in [-0.15, -0.1) is 0 Å². The van der Waals surface area contributed by atoms with Gasteiger partial charge in [0.15, 0.2) is 0 Å². The predicted molar refractivity (Wildman–Crippen MR) is 103 cm³/mol. The van der Waals surface area contributed by atoms with Gasteiger partial charge in [0.2, 0.25) is 5.91 Å². The normalized spacial score (nSPS) is 19.5. The van der Waals surface area contributed by atoms with Crippen LogP contribution < -0.4 is 10.5 Å². The van der Waals surface area contributed by atoms with Gasteiger partial charge in [0.05, 0.1) is 12.2 Å². The van der Waals surface area contributed by atoms with Gasteiger partial charge in [-0.1, -0.05) is 29.8 Å². The first-order valence-electron chi connectivity index (χ1n) is 8.85. The van der Waals surface area contributed by atoms with E-state index in [2.05, 4.69) is 4.98 Å². The van der Waals surface area contributed by atoms with Gasteiger partial charge in [-0.3, -0.25) is 9.59 Å². The highest BCUT2D eigenvalue weighted by atomic mass is 35.5. The summed E-state index contributed by atoms with van der Waals surface area (Å²) in [5.74, 6) is 0.127. The number of rotatable bonds is 6. The van der Waals surface area contributed by atoms with E-state index >= 15 is 0 Å². The van der Waals surface area contributed by atoms with Crippen molar-refractivity contribution in [2.75, 3.05) is 19.7 Å². The highest BCUT2D eigenvalue weighted by molar-refractivity contribution is 6.32. The molecule has 27 heavy (non-hydrogen) atoms. The van der Waals surface area contributed by atoms with Crippen molar-refractivity contribution in [1.29, 1.82) is 0 Å². The lowest BCUT2D eigenvalue weighted by Gasteiger charge is -2.42. The van der Waals surface area contributed by atoms with Crippen LogP contribution in [0.5, 0.6) is 5.75 Å². The van der Waals surface area contributed by atoms with Gasteiger partial charge in [0.25, 0.3) is 5.91 Å². The Balaban J connectivity index is 1.78. The molecule has 1 fully saturated rings. The van der Waals surface area contributed by atoms with Gasteiger partial charge in [-0.25, -0.2) is 4.98 Å². The summed E-state index contributed by atoms with van der Waals surface area (Å²) in [7, 11) is 0. The second-order valence-electron chi connectivity index (χ2n) is 6.92. The first kappa shape index (κ1) is 19.2. The summed E-state index contributed by atoms with van der Waals surface area (Å²) in [5, 5.41) is 0.175. The van der Waals surface area contributed by atoms with E-state index in [1.807, 2.05) is 30.3 Å². The Bertz CT molecular complexity index is 815. The van der Waals surface area contributed by atoms with Crippen LogP contribution in [0.3, 0.4) is 0 Å². The molecule has 2 N–H and O–H groups in total. The van der Waals surface area contributed by atoms with Crippen molar-refractivity contribution < 1.29 is 14.3 Å². The average molecular weight is 388 g/mol. The molecular weight excluding hydrogens is 366 g/mol. The zero-order valence-corrected chi connectivity index (χ0v) is 15.7. The van der Waals surface area contributed by atoms with Crippen molar-refractivity contribution in [2.24, 2.45) is 11.1 Å². The minimum Gasteiger partial charge on any atom is -0.493 e. The van der Waals surface area contributed by atoms with Crippen molar-refractivity contribution in [2.45, 2.75) is 19.3 Å². The number of piperidine rings is 1. The molecule has 2 heterocycles. The third-order valence-corrected chi connectivity index (χ3v) is 5.08. The summed E-state index contributed by atoms with van der Waals surface area (Å²) < 4.78 is 5.92. The first-order chi connectivity index (χ1) is 13.0. The maximum atomic E-state index is 12.9. The number of para-hydroxylation sites is 1. The fourth-order valence-corrected chi connectivity index (χ4v) is 3.73. The molecule has 3 rings (SSSR count). The molecule has 1 atom stereocenters. The summed E-state index contributed by atoms with van der Waals surface area (Å²) in [6.45, 7) is 1.28. The SMILES string of the molecule is NC(=O)CC1(COc2ccccc2)CCCN(C(=O)c2cccnc2Cl)C1. The van der Waals surface area contributed by atoms with Crippen molar-refractivity contribution in [3.63, 3.8) is 0 Å². The van der Waals surface area contributed by atoms with Gasteiger partial charge >= 0.3 is 0 Å². The lowest BCUT2D eigenvalue weighted by Crippen LogP contribution is -2.50. The van der Waals surface area contributed by atoms with Crippen molar-refractivity contribution >= 4 is 23.4 Å². The molecule has 6 nitrogen and oxygen atoms in total. The molecule has 7 heteroatoms. The Kier molecular flexibility index (Phi) is 5.96. The van der Waals surface area contributed by atoms with Crippen molar-refractivity contribution in [3.8, 4) is 5.75 Å². The Labute approximate surface area is 163 Å². The number of hydrogen-bond donors (Lipinski definition) is 1. The summed E-state index contributed by atoms with van der Waals surface area (Å²) >= 11 is 6.08. The number of ether oxygens (including phenoxy) is 1. The molecule has 1 unspecified atom stereocenters. The molecule has 0 aliphatic carbocycles. The lowest BCUT2D eigenvalue weighted by molar-refractivity contribution is -0.122. The van der Waals surface area contributed by atoms with Crippen molar-refractivity contribution in [3.05, 3.63) is 59.4 Å². The largest absolute Gasteiger partial charge is 0.493 e. The number of pyridine rings is 1. The molecule has 0 saturated carbocycles. The molecular formula is C20H22ClN3O3. The van der Waals surface area contributed by atoms with Gasteiger partial charge < -0.3 is 15.4 Å². The number of benzene rings is 1. The van der Waals surface area contributed by atoms with Crippen LogP contribution in [0.1, 0.15) is 29.6 Å². The number of likely N-dealkylation sites (tertiary alicyclic amines) is 1. The van der Waals surface area contributed by atoms with E-state index < -0.39 is 11.3 Å². The average Bonchev–Trinajstić information content (AvgIpc) is 2.67. The number of hydrogen-bond acceptors (Lipinski definition) is 4. The fraction of sp³-hybridized carbons (Fsp3) is 0.350. The van der Waals surface area contributed by atoms with Crippen LogP contribution in [0.15, 0.2) is 48.7 Å². The molecule has 0 radical (unpaired) electrons. The topological polar surface area (TPSA) is 85.5 Å². The molecule has 1 aliphatic heterocycles. The van der Waals surface area contributed by atoms with Crippen LogP contribution in [0, 0.1) is 5.41 Å². The number of carbonyl (C=O) groups excluding carboxylic acids is 2. The van der Waals surface area contributed by atoms with E-state index in [9.17, 15) is 9.59 Å². The van der Waals surface area contributed by atoms with E-state index in [1.165, 1.54) is 0 Å². The number of aromatic nitrogens is 1. The van der Waals surface area contributed by atoms with Gasteiger partial charge in [-0.05, 0) is 37.1 Å². The van der Waals surface area contributed by atoms with Crippen LogP contribution in [-0.2, 0) is 4.79 Å². The summed E-state index contributed by atoms with van der Waals surface area (Å²) in [5.41, 5.74) is 5.34. The Hall–Kier alpha value is -2.60. The van der Waals surface area contributed by atoms with Crippen LogP contribution in [0.4, 0.5) is 0 Å². The molecule has 1 aromatic carbocycles. The predicted octanol–water partition coefficient (Wildman–Crippen LogP) is 2.91. The highest BCUT2D eigenvalue weighted by Crippen LogP contribution is 2.35. The molecule has 142 valence electrons. The summed E-state index contributed by atoms with van der Waals surface area (Å²) in [4.78, 5) is 30.3. The molecule has 2 amide bonds. The van der Waals surface area contributed by atoms with Crippen LogP contribution in [0.2, 0.25) is 5.15 Å². The highest BCUT2D eigenvalue weighted by Gasteiger charge is 2.40. The van der Waals surface area contributed by atoms with Gasteiger partial charge in [-0.2, -0.15) is 0 Å². The maximum absolute atomic E-state index is 12.9. The minimum atomic E-state index is -0.524. The molecule has 0 spiro atoms. The summed E-state index contributed by atoms with van der Waals surface area (Å²) in [6, 6.07) is 12.7. The Morgan fingerprint density at radius 3 is 2.70 bits per heavy atom. The monoisotopic (exact) mass is 387 g/mol. The van der Waals surface area contributed by atoms with Crippen molar-refractivity contribution in [1.82, 2.24) is 9.88 Å². The van der Waals surface area contributed by atoms with Crippen LogP contribution in [-0.4, -0.2) is 41.4 Å². The molecule has 1 aromatic heterocycles. The van der Waals surface area contributed by atoms with Gasteiger partial charge in [0, 0.05) is 31.1 Å². The van der Waals surface area contributed by atoms with E-state index in [-0.39, 0.29) is 17.5 Å². The Morgan fingerprint density at radius 2 is 2.00 bits per heavy atom. The van der Waals surface area contributed by atoms with Gasteiger partial charge in [0.1, 0.15) is 10.9 Å². The third kappa shape index (κ3) is 4.77. The smallest absolute Gasteiger partial charge is 0.257 e. The molecule has 1 saturated heterocycles. The third-order valence-electron chi connectivity index (χ3n) is 4.78. The van der Waals surface area contributed by atoms with E-state index in [1.54, 1.807) is 23.2 Å².